The molecule has 0 heterocycles. The highest BCUT2D eigenvalue weighted by atomic mass is 16.5. The van der Waals surface area contributed by atoms with Gasteiger partial charge in [0.15, 0.2) is 0 Å². The molecule has 0 bridgehead atoms. The lowest BCUT2D eigenvalue weighted by molar-refractivity contribution is -0.143. The fraction of sp³-hybridized carbons (Fsp3) is 0.643. The van der Waals surface area contributed by atoms with Crippen molar-refractivity contribution in [3.63, 3.8) is 0 Å². The minimum absolute atomic E-state index is 0.144. The molecule has 0 fully saturated rings. The van der Waals surface area contributed by atoms with Crippen LogP contribution in [0.3, 0.4) is 0 Å². The number of ether oxygens (including phenoxy) is 1. The molecule has 2 heteroatoms. The molecule has 0 saturated carbocycles. The van der Waals surface area contributed by atoms with Gasteiger partial charge in [-0.1, -0.05) is 44.6 Å². The second-order valence-corrected chi connectivity index (χ2v) is 4.81. The summed E-state index contributed by atoms with van der Waals surface area (Å²) in [6, 6.07) is 0. The molecular formula is C14H24O2. The first-order valence-corrected chi connectivity index (χ1v) is 5.89. The molecule has 0 aromatic carbocycles. The number of hydrogen-bond acceptors (Lipinski definition) is 2. The van der Waals surface area contributed by atoms with Crippen molar-refractivity contribution in [1.29, 1.82) is 0 Å². The van der Waals surface area contributed by atoms with E-state index in [2.05, 4.69) is 26.8 Å². The van der Waals surface area contributed by atoms with Crippen LogP contribution in [0.1, 0.15) is 41.0 Å². The maximum absolute atomic E-state index is 11.3. The van der Waals surface area contributed by atoms with Crippen LogP contribution in [0, 0.1) is 11.8 Å². The second-order valence-electron chi connectivity index (χ2n) is 4.81. The van der Waals surface area contributed by atoms with Crippen molar-refractivity contribution >= 4 is 5.97 Å². The first-order valence-electron chi connectivity index (χ1n) is 5.89. The Morgan fingerprint density at radius 1 is 1.25 bits per heavy atom. The molecule has 0 aliphatic heterocycles. The lowest BCUT2D eigenvalue weighted by Gasteiger charge is -2.05. The summed E-state index contributed by atoms with van der Waals surface area (Å²) in [5, 5.41) is 0. The third-order valence-electron chi connectivity index (χ3n) is 1.90. The van der Waals surface area contributed by atoms with E-state index in [0.717, 1.165) is 0 Å². The zero-order valence-electron chi connectivity index (χ0n) is 11.1. The standard InChI is InChI=1S/C14H24O2/c1-11(2)9-13(5)7-6-8-14(15)16-10-12(3)4/h6-7,9,12-13H,8,10H2,1-5H3/b7-6+. The Morgan fingerprint density at radius 2 is 1.88 bits per heavy atom. The monoisotopic (exact) mass is 224 g/mol. The molecule has 0 aliphatic rings. The fourth-order valence-electron chi connectivity index (χ4n) is 1.28. The summed E-state index contributed by atoms with van der Waals surface area (Å²) in [6.45, 7) is 10.8. The number of carbonyl (C=O) groups is 1. The Kier molecular flexibility index (Phi) is 7.61. The summed E-state index contributed by atoms with van der Waals surface area (Å²) in [5.74, 6) is 0.634. The molecule has 1 atom stereocenters. The molecule has 0 radical (unpaired) electrons. The van der Waals surface area contributed by atoms with Crippen molar-refractivity contribution in [2.24, 2.45) is 11.8 Å². The first-order chi connectivity index (χ1) is 7.41. The fourth-order valence-corrected chi connectivity index (χ4v) is 1.28. The van der Waals surface area contributed by atoms with E-state index in [0.29, 0.717) is 24.9 Å². The normalized spacial score (nSPS) is 12.9. The minimum atomic E-state index is -0.144. The molecule has 0 aromatic rings. The molecule has 0 amide bonds. The van der Waals surface area contributed by atoms with E-state index < -0.39 is 0 Å². The van der Waals surface area contributed by atoms with Crippen LogP contribution in [-0.4, -0.2) is 12.6 Å². The van der Waals surface area contributed by atoms with E-state index in [1.54, 1.807) is 0 Å². The highest BCUT2D eigenvalue weighted by molar-refractivity contribution is 5.71. The van der Waals surface area contributed by atoms with Gasteiger partial charge in [0.05, 0.1) is 13.0 Å². The molecule has 0 spiro atoms. The molecular weight excluding hydrogens is 200 g/mol. The highest BCUT2D eigenvalue weighted by Gasteiger charge is 2.01. The minimum Gasteiger partial charge on any atom is -0.465 e. The van der Waals surface area contributed by atoms with Crippen LogP contribution in [0.15, 0.2) is 23.8 Å². The third kappa shape index (κ3) is 9.50. The molecule has 16 heavy (non-hydrogen) atoms. The van der Waals surface area contributed by atoms with Gasteiger partial charge in [-0.25, -0.2) is 0 Å². The molecule has 0 saturated heterocycles. The van der Waals surface area contributed by atoms with E-state index in [4.69, 9.17) is 4.74 Å². The van der Waals surface area contributed by atoms with Crippen molar-refractivity contribution in [1.82, 2.24) is 0 Å². The van der Waals surface area contributed by atoms with Crippen LogP contribution in [0.25, 0.3) is 0 Å². The van der Waals surface area contributed by atoms with E-state index >= 15 is 0 Å². The quantitative estimate of drug-likeness (QED) is 0.507. The number of esters is 1. The Morgan fingerprint density at radius 3 is 2.38 bits per heavy atom. The van der Waals surface area contributed by atoms with Gasteiger partial charge < -0.3 is 4.74 Å². The van der Waals surface area contributed by atoms with Crippen molar-refractivity contribution in [3.8, 4) is 0 Å². The summed E-state index contributed by atoms with van der Waals surface area (Å²) in [7, 11) is 0. The summed E-state index contributed by atoms with van der Waals surface area (Å²) in [5.41, 5.74) is 1.29. The predicted octanol–water partition coefficient (Wildman–Crippen LogP) is 3.73. The van der Waals surface area contributed by atoms with Crippen molar-refractivity contribution in [2.45, 2.75) is 41.0 Å². The first kappa shape index (κ1) is 14.9. The number of allylic oxidation sites excluding steroid dienone is 3. The van der Waals surface area contributed by atoms with Gasteiger partial charge >= 0.3 is 5.97 Å². The van der Waals surface area contributed by atoms with Crippen LogP contribution in [0.2, 0.25) is 0 Å². The van der Waals surface area contributed by atoms with Crippen LogP contribution < -0.4 is 0 Å². The Labute approximate surface area is 99.4 Å². The van der Waals surface area contributed by atoms with Gasteiger partial charge in [0.1, 0.15) is 0 Å². The number of hydrogen-bond donors (Lipinski definition) is 0. The Balaban J connectivity index is 3.83. The van der Waals surface area contributed by atoms with E-state index in [-0.39, 0.29) is 5.97 Å². The van der Waals surface area contributed by atoms with Gasteiger partial charge in [0, 0.05) is 0 Å². The van der Waals surface area contributed by atoms with Crippen LogP contribution in [-0.2, 0) is 9.53 Å². The smallest absolute Gasteiger partial charge is 0.309 e. The van der Waals surface area contributed by atoms with E-state index in [1.165, 1.54) is 5.57 Å². The predicted molar refractivity (Wildman–Crippen MR) is 68.1 cm³/mol. The molecule has 0 rings (SSSR count). The SMILES string of the molecule is CC(C)=CC(C)/C=C/CC(=O)OCC(C)C. The molecule has 92 valence electrons. The topological polar surface area (TPSA) is 26.3 Å². The van der Waals surface area contributed by atoms with E-state index in [1.807, 2.05) is 26.0 Å². The maximum Gasteiger partial charge on any atom is 0.309 e. The number of rotatable bonds is 6. The number of carbonyl (C=O) groups excluding carboxylic acids is 1. The van der Waals surface area contributed by atoms with Gasteiger partial charge in [0.2, 0.25) is 0 Å². The molecule has 2 nitrogen and oxygen atoms in total. The summed E-state index contributed by atoms with van der Waals surface area (Å²) >= 11 is 0. The summed E-state index contributed by atoms with van der Waals surface area (Å²) < 4.78 is 5.06. The van der Waals surface area contributed by atoms with Gasteiger partial charge in [-0.05, 0) is 25.7 Å². The zero-order chi connectivity index (χ0) is 12.6. The molecule has 0 aliphatic carbocycles. The van der Waals surface area contributed by atoms with Gasteiger partial charge in [-0.2, -0.15) is 0 Å². The average Bonchev–Trinajstić information content (AvgIpc) is 2.13. The van der Waals surface area contributed by atoms with Crippen molar-refractivity contribution in [3.05, 3.63) is 23.8 Å². The largest absolute Gasteiger partial charge is 0.465 e. The zero-order valence-corrected chi connectivity index (χ0v) is 11.1. The molecule has 0 N–H and O–H groups in total. The average molecular weight is 224 g/mol. The highest BCUT2D eigenvalue weighted by Crippen LogP contribution is 2.05. The summed E-state index contributed by atoms with van der Waals surface area (Å²) in [4.78, 5) is 11.3. The Bertz CT molecular complexity index is 258. The lowest BCUT2D eigenvalue weighted by atomic mass is 10.1. The maximum atomic E-state index is 11.3. The molecule has 1 unspecified atom stereocenters. The summed E-state index contributed by atoms with van der Waals surface area (Å²) in [6.07, 6.45) is 6.44. The van der Waals surface area contributed by atoms with Gasteiger partial charge in [-0.3, -0.25) is 4.79 Å². The third-order valence-corrected chi connectivity index (χ3v) is 1.90. The van der Waals surface area contributed by atoms with Crippen LogP contribution in [0.5, 0.6) is 0 Å². The second kappa shape index (κ2) is 8.14. The Hall–Kier alpha value is -1.05. The van der Waals surface area contributed by atoms with Gasteiger partial charge in [-0.15, -0.1) is 0 Å². The van der Waals surface area contributed by atoms with Crippen molar-refractivity contribution in [2.75, 3.05) is 6.61 Å². The van der Waals surface area contributed by atoms with Gasteiger partial charge in [0.25, 0.3) is 0 Å². The van der Waals surface area contributed by atoms with Crippen molar-refractivity contribution < 1.29 is 9.53 Å². The molecule has 0 aromatic heterocycles. The van der Waals surface area contributed by atoms with Crippen LogP contribution >= 0.6 is 0 Å². The van der Waals surface area contributed by atoms with E-state index in [9.17, 15) is 4.79 Å². The lowest BCUT2D eigenvalue weighted by Crippen LogP contribution is -2.08. The van der Waals surface area contributed by atoms with Crippen LogP contribution in [0.4, 0.5) is 0 Å².